The fraction of sp³-hybridized carbons (Fsp3) is 0.214. The number of anilines is 1. The number of ether oxygens (including phenoxy) is 1. The van der Waals surface area contributed by atoms with Crippen LogP contribution in [0.25, 0.3) is 0 Å². The van der Waals surface area contributed by atoms with Crippen LogP contribution in [0.4, 0.5) is 10.1 Å². The minimum Gasteiger partial charge on any atom is -0.494 e. The molecular weight excluding hydrogens is 249 g/mol. The van der Waals surface area contributed by atoms with Crippen molar-refractivity contribution >= 4 is 11.6 Å². The molecule has 0 saturated carbocycles. The molecule has 1 aromatic carbocycles. The summed E-state index contributed by atoms with van der Waals surface area (Å²) in [5, 5.41) is 2.68. The second kappa shape index (κ2) is 6.04. The fourth-order valence-electron chi connectivity index (χ4n) is 1.67. The first-order valence-corrected chi connectivity index (χ1v) is 5.85. The zero-order valence-corrected chi connectivity index (χ0v) is 10.5. The molecule has 0 radical (unpaired) electrons. The van der Waals surface area contributed by atoms with E-state index in [2.05, 4.69) is 5.32 Å². The molecule has 5 heteroatoms. The molecule has 2 aromatic rings. The van der Waals surface area contributed by atoms with Gasteiger partial charge in [0.25, 0.3) is 0 Å². The minimum absolute atomic E-state index is 0.179. The lowest BCUT2D eigenvalue weighted by Gasteiger charge is -2.09. The van der Waals surface area contributed by atoms with Crippen LogP contribution in [-0.4, -0.2) is 13.0 Å². The van der Waals surface area contributed by atoms with Gasteiger partial charge in [0, 0.05) is 18.9 Å². The largest absolute Gasteiger partial charge is 0.494 e. The maximum Gasteiger partial charge on any atom is 0.224 e. The predicted molar refractivity (Wildman–Crippen MR) is 68.6 cm³/mol. The van der Waals surface area contributed by atoms with Crippen molar-refractivity contribution in [3.63, 3.8) is 0 Å². The van der Waals surface area contributed by atoms with Gasteiger partial charge in [0.15, 0.2) is 0 Å². The van der Waals surface area contributed by atoms with Gasteiger partial charge in [-0.1, -0.05) is 0 Å². The molecule has 2 rings (SSSR count). The molecule has 0 saturated heterocycles. The van der Waals surface area contributed by atoms with E-state index in [0.29, 0.717) is 17.9 Å². The van der Waals surface area contributed by atoms with E-state index in [0.717, 1.165) is 5.76 Å². The number of rotatable bonds is 5. The van der Waals surface area contributed by atoms with Gasteiger partial charge in [0.05, 0.1) is 19.1 Å². The maximum atomic E-state index is 13.0. The van der Waals surface area contributed by atoms with Crippen molar-refractivity contribution in [1.29, 1.82) is 0 Å². The highest BCUT2D eigenvalue weighted by molar-refractivity contribution is 5.92. The summed E-state index contributed by atoms with van der Waals surface area (Å²) in [5.41, 5.74) is 0.452. The van der Waals surface area contributed by atoms with Crippen LogP contribution in [-0.2, 0) is 11.2 Å². The molecule has 0 aliphatic carbocycles. The van der Waals surface area contributed by atoms with Crippen molar-refractivity contribution in [2.75, 3.05) is 12.4 Å². The van der Waals surface area contributed by atoms with Gasteiger partial charge >= 0.3 is 0 Å². The Bertz CT molecular complexity index is 552. The average molecular weight is 263 g/mol. The topological polar surface area (TPSA) is 51.5 Å². The number of nitrogens with one attached hydrogen (secondary N) is 1. The second-order valence-electron chi connectivity index (χ2n) is 3.97. The van der Waals surface area contributed by atoms with Crippen LogP contribution in [0, 0.1) is 5.82 Å². The number of hydrogen-bond acceptors (Lipinski definition) is 3. The molecule has 0 fully saturated rings. The lowest BCUT2D eigenvalue weighted by Crippen LogP contribution is -2.13. The molecule has 19 heavy (non-hydrogen) atoms. The molecule has 1 aromatic heterocycles. The number of furan rings is 1. The van der Waals surface area contributed by atoms with Gasteiger partial charge in [-0.3, -0.25) is 4.79 Å². The molecule has 0 atom stereocenters. The lowest BCUT2D eigenvalue weighted by molar-refractivity contribution is -0.116. The SMILES string of the molecule is COc1cc(F)ccc1NC(=O)CCc1ccco1. The molecule has 0 bridgehead atoms. The predicted octanol–water partition coefficient (Wildman–Crippen LogP) is 3.00. The van der Waals surface area contributed by atoms with Crippen molar-refractivity contribution < 1.29 is 18.3 Å². The third kappa shape index (κ3) is 3.58. The smallest absolute Gasteiger partial charge is 0.224 e. The van der Waals surface area contributed by atoms with Crippen molar-refractivity contribution in [1.82, 2.24) is 0 Å². The van der Waals surface area contributed by atoms with Crippen LogP contribution in [0.15, 0.2) is 41.0 Å². The van der Waals surface area contributed by atoms with Crippen molar-refractivity contribution in [3.05, 3.63) is 48.2 Å². The molecule has 0 unspecified atom stereocenters. The number of methoxy groups -OCH3 is 1. The Balaban J connectivity index is 1.95. The highest BCUT2D eigenvalue weighted by Crippen LogP contribution is 2.25. The monoisotopic (exact) mass is 263 g/mol. The van der Waals surface area contributed by atoms with Gasteiger partial charge in [-0.25, -0.2) is 4.39 Å². The Morgan fingerprint density at radius 3 is 2.95 bits per heavy atom. The first-order valence-electron chi connectivity index (χ1n) is 5.85. The number of aryl methyl sites for hydroxylation is 1. The Kier molecular flexibility index (Phi) is 4.18. The normalized spacial score (nSPS) is 10.2. The first kappa shape index (κ1) is 13.1. The van der Waals surface area contributed by atoms with Gasteiger partial charge in [-0.05, 0) is 24.3 Å². The van der Waals surface area contributed by atoms with E-state index >= 15 is 0 Å². The van der Waals surface area contributed by atoms with Crippen molar-refractivity contribution in [2.24, 2.45) is 0 Å². The summed E-state index contributed by atoms with van der Waals surface area (Å²) in [6, 6.07) is 7.55. The number of hydrogen-bond donors (Lipinski definition) is 1. The molecule has 0 spiro atoms. The summed E-state index contributed by atoms with van der Waals surface area (Å²) in [5.74, 6) is 0.458. The van der Waals surface area contributed by atoms with Gasteiger partial charge < -0.3 is 14.5 Å². The summed E-state index contributed by atoms with van der Waals surface area (Å²) < 4.78 is 23.1. The molecule has 1 N–H and O–H groups in total. The van der Waals surface area contributed by atoms with Crippen LogP contribution in [0.2, 0.25) is 0 Å². The zero-order valence-electron chi connectivity index (χ0n) is 10.5. The van der Waals surface area contributed by atoms with E-state index < -0.39 is 5.82 Å². The van der Waals surface area contributed by atoms with E-state index in [-0.39, 0.29) is 12.3 Å². The molecule has 100 valence electrons. The van der Waals surface area contributed by atoms with Crippen LogP contribution < -0.4 is 10.1 Å². The van der Waals surface area contributed by atoms with Gasteiger partial charge in [0.2, 0.25) is 5.91 Å². The Morgan fingerprint density at radius 2 is 2.26 bits per heavy atom. The molecular formula is C14H14FNO3. The molecule has 4 nitrogen and oxygen atoms in total. The summed E-state index contributed by atoms with van der Waals surface area (Å²) in [6.07, 6.45) is 2.37. The molecule has 0 aliphatic rings. The molecule has 0 aliphatic heterocycles. The lowest BCUT2D eigenvalue weighted by atomic mass is 10.2. The summed E-state index contributed by atoms with van der Waals surface area (Å²) in [4.78, 5) is 11.8. The maximum absolute atomic E-state index is 13.0. The van der Waals surface area contributed by atoms with E-state index in [1.807, 2.05) is 6.07 Å². The zero-order chi connectivity index (χ0) is 13.7. The third-order valence-corrected chi connectivity index (χ3v) is 2.62. The quantitative estimate of drug-likeness (QED) is 0.902. The van der Waals surface area contributed by atoms with Crippen LogP contribution >= 0.6 is 0 Å². The number of carbonyl (C=O) groups excluding carboxylic acids is 1. The second-order valence-corrected chi connectivity index (χ2v) is 3.97. The fourth-order valence-corrected chi connectivity index (χ4v) is 1.67. The van der Waals surface area contributed by atoms with Gasteiger partial charge in [-0.15, -0.1) is 0 Å². The Hall–Kier alpha value is -2.30. The minimum atomic E-state index is -0.412. The van der Waals surface area contributed by atoms with Crippen LogP contribution in [0.5, 0.6) is 5.75 Å². The number of benzene rings is 1. The third-order valence-electron chi connectivity index (χ3n) is 2.62. The van der Waals surface area contributed by atoms with Crippen LogP contribution in [0.1, 0.15) is 12.2 Å². The van der Waals surface area contributed by atoms with E-state index in [1.54, 1.807) is 12.3 Å². The van der Waals surface area contributed by atoms with E-state index in [9.17, 15) is 9.18 Å². The average Bonchev–Trinajstić information content (AvgIpc) is 2.91. The van der Waals surface area contributed by atoms with E-state index in [1.165, 1.54) is 25.3 Å². The standard InChI is InChI=1S/C14H14FNO3/c1-18-13-9-10(15)4-6-12(13)16-14(17)7-5-11-3-2-8-19-11/h2-4,6,8-9H,5,7H2,1H3,(H,16,17). The molecule has 1 amide bonds. The first-order chi connectivity index (χ1) is 9.19. The molecule has 1 heterocycles. The summed E-state index contributed by atoms with van der Waals surface area (Å²) >= 11 is 0. The Labute approximate surface area is 110 Å². The highest BCUT2D eigenvalue weighted by atomic mass is 19.1. The van der Waals surface area contributed by atoms with E-state index in [4.69, 9.17) is 9.15 Å². The Morgan fingerprint density at radius 1 is 1.42 bits per heavy atom. The van der Waals surface area contributed by atoms with Gasteiger partial charge in [-0.2, -0.15) is 0 Å². The van der Waals surface area contributed by atoms with Crippen molar-refractivity contribution in [3.8, 4) is 5.75 Å². The van der Waals surface area contributed by atoms with Crippen LogP contribution in [0.3, 0.4) is 0 Å². The highest BCUT2D eigenvalue weighted by Gasteiger charge is 2.09. The number of amides is 1. The van der Waals surface area contributed by atoms with Crippen molar-refractivity contribution in [2.45, 2.75) is 12.8 Å². The van der Waals surface area contributed by atoms with Gasteiger partial charge in [0.1, 0.15) is 17.3 Å². The summed E-state index contributed by atoms with van der Waals surface area (Å²) in [6.45, 7) is 0. The number of halogens is 1. The summed E-state index contributed by atoms with van der Waals surface area (Å²) in [7, 11) is 1.42. The number of carbonyl (C=O) groups is 1.